The molecule has 0 aromatic heterocycles. The first kappa shape index (κ1) is 13.3. The summed E-state index contributed by atoms with van der Waals surface area (Å²) < 4.78 is 0. The Hall–Kier alpha value is -1.09. The Morgan fingerprint density at radius 3 is 2.72 bits per heavy atom. The Labute approximate surface area is 115 Å². The first-order chi connectivity index (χ1) is 8.70. The highest BCUT2D eigenvalue weighted by Gasteiger charge is 2.22. The van der Waals surface area contributed by atoms with Crippen LogP contribution in [0.1, 0.15) is 38.2 Å². The maximum atomic E-state index is 5.55. The van der Waals surface area contributed by atoms with Crippen molar-refractivity contribution >= 4 is 23.0 Å². The first-order valence-electron chi connectivity index (χ1n) is 6.85. The number of nitrogens with zero attached hydrogens (tertiary/aromatic N) is 1. The van der Waals surface area contributed by atoms with E-state index in [1.807, 2.05) is 0 Å². The van der Waals surface area contributed by atoms with Crippen LogP contribution in [0.25, 0.3) is 0 Å². The van der Waals surface area contributed by atoms with Crippen LogP contribution >= 0.6 is 12.2 Å². The summed E-state index contributed by atoms with van der Waals surface area (Å²) in [5.74, 6) is 0. The molecule has 0 saturated carbocycles. The zero-order valence-electron chi connectivity index (χ0n) is 11.3. The standard InChI is InChI=1S/C15H22N2S/c1-3-14-6-4-5-11-17(14)15(18)16-13-9-7-12(2)8-10-13/h7-10,14H,3-6,11H2,1-2H3,(H,16,18). The van der Waals surface area contributed by atoms with Crippen molar-refractivity contribution in [2.75, 3.05) is 11.9 Å². The van der Waals surface area contributed by atoms with E-state index < -0.39 is 0 Å². The molecule has 0 radical (unpaired) electrons. The van der Waals surface area contributed by atoms with Gasteiger partial charge < -0.3 is 10.2 Å². The van der Waals surface area contributed by atoms with Crippen molar-refractivity contribution in [3.63, 3.8) is 0 Å². The van der Waals surface area contributed by atoms with Crippen LogP contribution in [0, 0.1) is 6.92 Å². The zero-order valence-corrected chi connectivity index (χ0v) is 12.1. The SMILES string of the molecule is CCC1CCCCN1C(=S)Nc1ccc(C)cc1. The highest BCUT2D eigenvalue weighted by molar-refractivity contribution is 7.80. The molecule has 1 aromatic carbocycles. The molecule has 2 rings (SSSR count). The highest BCUT2D eigenvalue weighted by atomic mass is 32.1. The van der Waals surface area contributed by atoms with Crippen molar-refractivity contribution < 1.29 is 0 Å². The van der Waals surface area contributed by atoms with E-state index in [4.69, 9.17) is 12.2 Å². The molecule has 1 heterocycles. The van der Waals surface area contributed by atoms with Gasteiger partial charge >= 0.3 is 0 Å². The third kappa shape index (κ3) is 3.22. The number of thiocarbonyl (C=S) groups is 1. The van der Waals surface area contributed by atoms with Crippen LogP contribution in [0.15, 0.2) is 24.3 Å². The summed E-state index contributed by atoms with van der Waals surface area (Å²) in [6.45, 7) is 5.44. The van der Waals surface area contributed by atoms with Crippen molar-refractivity contribution in [1.29, 1.82) is 0 Å². The number of anilines is 1. The third-order valence-electron chi connectivity index (χ3n) is 3.66. The summed E-state index contributed by atoms with van der Waals surface area (Å²) in [5.41, 5.74) is 2.36. The van der Waals surface area contributed by atoms with Crippen molar-refractivity contribution in [1.82, 2.24) is 4.90 Å². The van der Waals surface area contributed by atoms with Crippen LogP contribution in [0.4, 0.5) is 5.69 Å². The average Bonchev–Trinajstić information content (AvgIpc) is 2.41. The smallest absolute Gasteiger partial charge is 0.173 e. The largest absolute Gasteiger partial charge is 0.346 e. The summed E-state index contributed by atoms with van der Waals surface area (Å²) in [7, 11) is 0. The second-order valence-corrected chi connectivity index (χ2v) is 5.43. The fraction of sp³-hybridized carbons (Fsp3) is 0.533. The molecule has 0 aliphatic carbocycles. The van der Waals surface area contributed by atoms with E-state index in [9.17, 15) is 0 Å². The average molecular weight is 262 g/mol. The van der Waals surface area contributed by atoms with Crippen LogP contribution < -0.4 is 5.32 Å². The molecule has 1 saturated heterocycles. The summed E-state index contributed by atoms with van der Waals surface area (Å²) in [4.78, 5) is 2.36. The molecule has 1 fully saturated rings. The van der Waals surface area contributed by atoms with Crippen molar-refractivity contribution in [2.45, 2.75) is 45.6 Å². The Kier molecular flexibility index (Phi) is 4.59. The predicted octanol–water partition coefficient (Wildman–Crippen LogP) is 3.96. The molecule has 98 valence electrons. The molecule has 0 spiro atoms. The molecular weight excluding hydrogens is 240 g/mol. The number of hydrogen-bond donors (Lipinski definition) is 1. The lowest BCUT2D eigenvalue weighted by molar-refractivity contribution is 0.239. The van der Waals surface area contributed by atoms with Gasteiger partial charge in [0.15, 0.2) is 5.11 Å². The Morgan fingerprint density at radius 2 is 2.06 bits per heavy atom. The number of nitrogens with one attached hydrogen (secondary N) is 1. The van der Waals surface area contributed by atoms with Crippen LogP contribution in [-0.2, 0) is 0 Å². The summed E-state index contributed by atoms with van der Waals surface area (Å²) in [5, 5.41) is 4.24. The van der Waals surface area contributed by atoms with Crippen LogP contribution in [0.2, 0.25) is 0 Å². The van der Waals surface area contributed by atoms with E-state index in [2.05, 4.69) is 48.3 Å². The van der Waals surface area contributed by atoms with Crippen molar-refractivity contribution in [3.05, 3.63) is 29.8 Å². The fourth-order valence-electron chi connectivity index (χ4n) is 2.52. The molecular formula is C15H22N2S. The lowest BCUT2D eigenvalue weighted by Gasteiger charge is -2.37. The van der Waals surface area contributed by atoms with E-state index in [1.165, 1.54) is 31.2 Å². The molecule has 1 aliphatic rings. The maximum absolute atomic E-state index is 5.55. The summed E-state index contributed by atoms with van der Waals surface area (Å²) in [6.07, 6.45) is 5.04. The van der Waals surface area contributed by atoms with E-state index >= 15 is 0 Å². The molecule has 1 unspecified atom stereocenters. The second-order valence-electron chi connectivity index (χ2n) is 5.05. The van der Waals surface area contributed by atoms with E-state index in [1.54, 1.807) is 0 Å². The van der Waals surface area contributed by atoms with E-state index in [0.29, 0.717) is 6.04 Å². The number of benzene rings is 1. The molecule has 1 N–H and O–H groups in total. The number of aryl methyl sites for hydroxylation is 1. The molecule has 1 atom stereocenters. The first-order valence-corrected chi connectivity index (χ1v) is 7.26. The van der Waals surface area contributed by atoms with Gasteiger partial charge in [0.05, 0.1) is 0 Å². The Balaban J connectivity index is 2.00. The highest BCUT2D eigenvalue weighted by Crippen LogP contribution is 2.21. The number of piperidine rings is 1. The number of likely N-dealkylation sites (tertiary alicyclic amines) is 1. The van der Waals surface area contributed by atoms with Crippen molar-refractivity contribution in [3.8, 4) is 0 Å². The monoisotopic (exact) mass is 262 g/mol. The van der Waals surface area contributed by atoms with Gasteiger partial charge in [0, 0.05) is 18.3 Å². The van der Waals surface area contributed by atoms with Gasteiger partial charge in [0.25, 0.3) is 0 Å². The minimum atomic E-state index is 0.615. The lowest BCUT2D eigenvalue weighted by Crippen LogP contribution is -2.45. The summed E-state index contributed by atoms with van der Waals surface area (Å²) in [6, 6.07) is 9.01. The molecule has 1 aliphatic heterocycles. The zero-order chi connectivity index (χ0) is 13.0. The maximum Gasteiger partial charge on any atom is 0.173 e. The molecule has 1 aromatic rings. The summed E-state index contributed by atoms with van der Waals surface area (Å²) >= 11 is 5.55. The van der Waals surface area contributed by atoms with Crippen LogP contribution in [0.5, 0.6) is 0 Å². The number of hydrogen-bond acceptors (Lipinski definition) is 1. The Morgan fingerprint density at radius 1 is 1.33 bits per heavy atom. The number of rotatable bonds is 2. The van der Waals surface area contributed by atoms with Gasteiger partial charge in [0.2, 0.25) is 0 Å². The van der Waals surface area contributed by atoms with Crippen LogP contribution in [-0.4, -0.2) is 22.6 Å². The minimum absolute atomic E-state index is 0.615. The van der Waals surface area contributed by atoms with Crippen molar-refractivity contribution in [2.24, 2.45) is 0 Å². The van der Waals surface area contributed by atoms with Gasteiger partial charge in [-0.2, -0.15) is 0 Å². The third-order valence-corrected chi connectivity index (χ3v) is 4.00. The quantitative estimate of drug-likeness (QED) is 0.812. The molecule has 3 heteroatoms. The van der Waals surface area contributed by atoms with E-state index in [-0.39, 0.29) is 0 Å². The van der Waals surface area contributed by atoms with Gasteiger partial charge in [-0.25, -0.2) is 0 Å². The lowest BCUT2D eigenvalue weighted by atomic mass is 10.0. The van der Waals surface area contributed by atoms with Gasteiger partial charge in [-0.3, -0.25) is 0 Å². The van der Waals surface area contributed by atoms with Crippen LogP contribution in [0.3, 0.4) is 0 Å². The van der Waals surface area contributed by atoms with Gasteiger partial charge in [-0.05, 0) is 57.0 Å². The molecule has 2 nitrogen and oxygen atoms in total. The second kappa shape index (κ2) is 6.19. The fourth-order valence-corrected chi connectivity index (χ4v) is 2.88. The molecule has 18 heavy (non-hydrogen) atoms. The minimum Gasteiger partial charge on any atom is -0.346 e. The predicted molar refractivity (Wildman–Crippen MR) is 82.0 cm³/mol. The molecule has 0 bridgehead atoms. The van der Waals surface area contributed by atoms with Gasteiger partial charge in [0.1, 0.15) is 0 Å². The topological polar surface area (TPSA) is 15.3 Å². The normalized spacial score (nSPS) is 19.7. The molecule has 0 amide bonds. The Bertz CT molecular complexity index is 399. The van der Waals surface area contributed by atoms with Gasteiger partial charge in [-0.15, -0.1) is 0 Å². The van der Waals surface area contributed by atoms with Gasteiger partial charge in [-0.1, -0.05) is 24.6 Å². The van der Waals surface area contributed by atoms with E-state index in [0.717, 1.165) is 17.3 Å².